The molecular formula is C20H26ClN3O3. The third kappa shape index (κ3) is 3.53. The van der Waals surface area contributed by atoms with Crippen molar-refractivity contribution in [1.29, 1.82) is 0 Å². The molecule has 27 heavy (non-hydrogen) atoms. The number of piperidine rings is 1. The summed E-state index contributed by atoms with van der Waals surface area (Å²) in [5.41, 5.74) is 2.44. The molecule has 1 saturated heterocycles. The molecule has 0 amide bonds. The Bertz CT molecular complexity index is 828. The molecule has 2 aliphatic rings. The van der Waals surface area contributed by atoms with Gasteiger partial charge in [-0.05, 0) is 45.8 Å². The lowest BCUT2D eigenvalue weighted by Gasteiger charge is -2.41. The van der Waals surface area contributed by atoms with Gasteiger partial charge < -0.3 is 19.6 Å². The molecule has 1 aromatic heterocycles. The number of rotatable bonds is 3. The van der Waals surface area contributed by atoms with E-state index in [1.54, 1.807) is 0 Å². The maximum atomic E-state index is 10.3. The molecule has 3 heterocycles. The molecule has 0 unspecified atom stereocenters. The fraction of sp³-hybridized carbons (Fsp3) is 0.550. The standard InChI is InChI=1S/C20H26ClN3O3/c1-12(2)23-6-3-13(4-7-23)24-8-5-17-15(11-24)20(27-22-17)14-9-16(21)19(26)10-18(14)25/h9-10,12-13,25-26H,3-8,11H2,1-2H3. The summed E-state index contributed by atoms with van der Waals surface area (Å²) >= 11 is 6.04. The van der Waals surface area contributed by atoms with Crippen molar-refractivity contribution in [2.24, 2.45) is 0 Å². The van der Waals surface area contributed by atoms with E-state index in [1.165, 1.54) is 25.0 Å². The van der Waals surface area contributed by atoms with E-state index in [9.17, 15) is 10.2 Å². The number of hydrogen-bond acceptors (Lipinski definition) is 6. The minimum absolute atomic E-state index is 0.0572. The SMILES string of the molecule is CC(C)N1CCC(N2CCc3noc(-c4cc(Cl)c(O)cc4O)c3C2)CC1. The van der Waals surface area contributed by atoms with Gasteiger partial charge in [0.2, 0.25) is 0 Å². The van der Waals surface area contributed by atoms with Gasteiger partial charge in [-0.3, -0.25) is 4.90 Å². The molecule has 4 rings (SSSR count). The summed E-state index contributed by atoms with van der Waals surface area (Å²) in [5.74, 6) is 0.344. The summed E-state index contributed by atoms with van der Waals surface area (Å²) in [5, 5.41) is 24.3. The normalized spacial score (nSPS) is 19.6. The van der Waals surface area contributed by atoms with Gasteiger partial charge in [-0.1, -0.05) is 16.8 Å². The monoisotopic (exact) mass is 391 g/mol. The Morgan fingerprint density at radius 1 is 1.15 bits per heavy atom. The van der Waals surface area contributed by atoms with Crippen LogP contribution in [0.2, 0.25) is 5.02 Å². The average molecular weight is 392 g/mol. The van der Waals surface area contributed by atoms with E-state index in [0.717, 1.165) is 43.9 Å². The highest BCUT2D eigenvalue weighted by Gasteiger charge is 2.32. The number of likely N-dealkylation sites (tertiary alicyclic amines) is 1. The van der Waals surface area contributed by atoms with Crippen LogP contribution in [0.3, 0.4) is 0 Å². The fourth-order valence-electron chi connectivity index (χ4n) is 4.26. The zero-order chi connectivity index (χ0) is 19.1. The predicted molar refractivity (Wildman–Crippen MR) is 104 cm³/mol. The summed E-state index contributed by atoms with van der Waals surface area (Å²) in [7, 11) is 0. The van der Waals surface area contributed by atoms with E-state index in [4.69, 9.17) is 16.1 Å². The van der Waals surface area contributed by atoms with Crippen molar-refractivity contribution in [3.05, 3.63) is 28.4 Å². The Kier molecular flexibility index (Phi) is 5.05. The molecule has 1 aromatic carbocycles. The molecule has 0 saturated carbocycles. The van der Waals surface area contributed by atoms with Crippen molar-refractivity contribution in [2.75, 3.05) is 19.6 Å². The average Bonchev–Trinajstić information content (AvgIpc) is 3.07. The van der Waals surface area contributed by atoms with Crippen LogP contribution in [-0.4, -0.2) is 56.9 Å². The summed E-state index contributed by atoms with van der Waals surface area (Å²) in [6.07, 6.45) is 3.19. The number of hydrogen-bond donors (Lipinski definition) is 2. The largest absolute Gasteiger partial charge is 0.507 e. The first-order chi connectivity index (χ1) is 12.9. The van der Waals surface area contributed by atoms with Crippen LogP contribution in [0.25, 0.3) is 11.3 Å². The number of halogens is 1. The maximum absolute atomic E-state index is 10.3. The molecule has 0 radical (unpaired) electrons. The summed E-state index contributed by atoms with van der Waals surface area (Å²) in [6.45, 7) is 8.53. The van der Waals surface area contributed by atoms with E-state index in [2.05, 4.69) is 28.8 Å². The minimum atomic E-state index is -0.148. The van der Waals surface area contributed by atoms with Gasteiger partial charge in [0, 0.05) is 43.2 Å². The van der Waals surface area contributed by atoms with E-state index < -0.39 is 0 Å². The van der Waals surface area contributed by atoms with Gasteiger partial charge in [-0.2, -0.15) is 0 Å². The van der Waals surface area contributed by atoms with Crippen LogP contribution in [0.5, 0.6) is 11.5 Å². The molecule has 0 spiro atoms. The molecular weight excluding hydrogens is 366 g/mol. The number of fused-ring (bicyclic) bond motifs is 1. The molecule has 2 aromatic rings. The molecule has 7 heteroatoms. The molecule has 0 aliphatic carbocycles. The molecule has 2 N–H and O–H groups in total. The van der Waals surface area contributed by atoms with Gasteiger partial charge in [-0.25, -0.2) is 0 Å². The molecule has 1 fully saturated rings. The Balaban J connectivity index is 1.55. The second-order valence-corrected chi connectivity index (χ2v) is 8.25. The Labute approximate surface area is 164 Å². The lowest BCUT2D eigenvalue weighted by atomic mass is 9.96. The highest BCUT2D eigenvalue weighted by Crippen LogP contribution is 2.41. The number of nitrogens with zero attached hydrogens (tertiary/aromatic N) is 3. The summed E-state index contributed by atoms with van der Waals surface area (Å²) < 4.78 is 5.58. The molecule has 0 bridgehead atoms. The molecule has 2 aliphatic heterocycles. The fourth-order valence-corrected chi connectivity index (χ4v) is 4.42. The van der Waals surface area contributed by atoms with Crippen molar-refractivity contribution in [3.63, 3.8) is 0 Å². The third-order valence-electron chi connectivity index (χ3n) is 5.92. The van der Waals surface area contributed by atoms with E-state index >= 15 is 0 Å². The van der Waals surface area contributed by atoms with Gasteiger partial charge in [0.25, 0.3) is 0 Å². The lowest BCUT2D eigenvalue weighted by molar-refractivity contribution is 0.0838. The van der Waals surface area contributed by atoms with E-state index in [-0.39, 0.29) is 16.5 Å². The van der Waals surface area contributed by atoms with Gasteiger partial charge >= 0.3 is 0 Å². The van der Waals surface area contributed by atoms with E-state index in [0.29, 0.717) is 23.4 Å². The minimum Gasteiger partial charge on any atom is -0.507 e. The first-order valence-corrected chi connectivity index (χ1v) is 9.99. The molecule has 0 atom stereocenters. The first kappa shape index (κ1) is 18.6. The second-order valence-electron chi connectivity index (χ2n) is 7.84. The van der Waals surface area contributed by atoms with Gasteiger partial charge in [0.05, 0.1) is 16.3 Å². The van der Waals surface area contributed by atoms with Gasteiger partial charge in [0.15, 0.2) is 5.76 Å². The summed E-state index contributed by atoms with van der Waals surface area (Å²) in [4.78, 5) is 5.05. The summed E-state index contributed by atoms with van der Waals surface area (Å²) in [6, 6.07) is 3.95. The number of benzene rings is 1. The maximum Gasteiger partial charge on any atom is 0.175 e. The highest BCUT2D eigenvalue weighted by atomic mass is 35.5. The first-order valence-electron chi connectivity index (χ1n) is 9.61. The number of phenols is 2. The van der Waals surface area contributed by atoms with Crippen molar-refractivity contribution in [2.45, 2.75) is 51.7 Å². The number of phenolic OH excluding ortho intramolecular Hbond substituents is 2. The van der Waals surface area contributed by atoms with Crippen LogP contribution in [0, 0.1) is 0 Å². The molecule has 6 nitrogen and oxygen atoms in total. The topological polar surface area (TPSA) is 73.0 Å². The third-order valence-corrected chi connectivity index (χ3v) is 6.22. The van der Waals surface area contributed by atoms with Gasteiger partial charge in [-0.15, -0.1) is 0 Å². The van der Waals surface area contributed by atoms with Crippen molar-refractivity contribution < 1.29 is 14.7 Å². The van der Waals surface area contributed by atoms with E-state index in [1.807, 2.05) is 0 Å². The van der Waals surface area contributed by atoms with Gasteiger partial charge in [0.1, 0.15) is 11.5 Å². The highest BCUT2D eigenvalue weighted by molar-refractivity contribution is 6.32. The molecule has 146 valence electrons. The lowest BCUT2D eigenvalue weighted by Crippen LogP contribution is -2.48. The van der Waals surface area contributed by atoms with Crippen LogP contribution in [0.1, 0.15) is 37.9 Å². The van der Waals surface area contributed by atoms with Crippen molar-refractivity contribution in [1.82, 2.24) is 15.0 Å². The quantitative estimate of drug-likeness (QED) is 0.832. The van der Waals surface area contributed by atoms with Crippen LogP contribution in [-0.2, 0) is 13.0 Å². The zero-order valence-electron chi connectivity index (χ0n) is 15.8. The van der Waals surface area contributed by atoms with Crippen molar-refractivity contribution in [3.8, 4) is 22.8 Å². The van der Waals surface area contributed by atoms with Crippen LogP contribution in [0.15, 0.2) is 16.7 Å². The zero-order valence-corrected chi connectivity index (χ0v) is 16.5. The van der Waals surface area contributed by atoms with Crippen molar-refractivity contribution >= 4 is 11.6 Å². The Morgan fingerprint density at radius 3 is 2.59 bits per heavy atom. The number of aromatic hydroxyl groups is 2. The van der Waals surface area contributed by atoms with Crippen LogP contribution in [0.4, 0.5) is 0 Å². The van der Waals surface area contributed by atoms with Crippen LogP contribution < -0.4 is 0 Å². The second kappa shape index (κ2) is 7.34. The van der Waals surface area contributed by atoms with Crippen LogP contribution >= 0.6 is 11.6 Å². The predicted octanol–water partition coefficient (Wildman–Crippen LogP) is 3.64. The number of aromatic nitrogens is 1. The smallest absolute Gasteiger partial charge is 0.175 e. The Hall–Kier alpha value is -1.76. The Morgan fingerprint density at radius 2 is 1.89 bits per heavy atom.